The second-order valence-corrected chi connectivity index (χ2v) is 6.80. The lowest BCUT2D eigenvalue weighted by Gasteiger charge is -2.25. The predicted molar refractivity (Wildman–Crippen MR) is 91.7 cm³/mol. The third-order valence-electron chi connectivity index (χ3n) is 4.19. The standard InChI is InChI=1S/C16H26N4O2S/c1-4-19(5-2)15(21)11-18-7-6-8-20(10-9-18)16(22)14-12-23-13(3)17-14/h12H,4-11H2,1-3H3. The summed E-state index contributed by atoms with van der Waals surface area (Å²) in [5.74, 6) is 0.177. The van der Waals surface area contributed by atoms with Crippen molar-refractivity contribution in [1.29, 1.82) is 0 Å². The van der Waals surface area contributed by atoms with Gasteiger partial charge in [-0.1, -0.05) is 0 Å². The van der Waals surface area contributed by atoms with E-state index in [1.54, 1.807) is 0 Å². The van der Waals surface area contributed by atoms with Crippen LogP contribution in [0.3, 0.4) is 0 Å². The first kappa shape index (κ1) is 17.9. The summed E-state index contributed by atoms with van der Waals surface area (Å²) in [5.41, 5.74) is 0.542. The number of hydrogen-bond acceptors (Lipinski definition) is 5. The van der Waals surface area contributed by atoms with Gasteiger partial charge in [0.1, 0.15) is 5.69 Å². The maximum Gasteiger partial charge on any atom is 0.273 e. The normalized spacial score (nSPS) is 16.2. The minimum absolute atomic E-state index is 0.00581. The van der Waals surface area contributed by atoms with Gasteiger partial charge in [-0.15, -0.1) is 11.3 Å². The first-order valence-corrected chi connectivity index (χ1v) is 9.14. The van der Waals surface area contributed by atoms with E-state index in [1.165, 1.54) is 11.3 Å². The number of rotatable bonds is 5. The second-order valence-electron chi connectivity index (χ2n) is 5.74. The van der Waals surface area contributed by atoms with Gasteiger partial charge in [-0.2, -0.15) is 0 Å². The molecule has 0 aliphatic carbocycles. The van der Waals surface area contributed by atoms with E-state index in [-0.39, 0.29) is 11.8 Å². The van der Waals surface area contributed by atoms with Crippen molar-refractivity contribution in [3.05, 3.63) is 16.1 Å². The van der Waals surface area contributed by atoms with Crippen LogP contribution in [0.15, 0.2) is 5.38 Å². The molecule has 0 radical (unpaired) electrons. The van der Waals surface area contributed by atoms with Crippen LogP contribution in [0.2, 0.25) is 0 Å². The lowest BCUT2D eigenvalue weighted by atomic mass is 10.3. The van der Waals surface area contributed by atoms with E-state index in [0.29, 0.717) is 18.8 Å². The summed E-state index contributed by atoms with van der Waals surface area (Å²) in [5, 5.41) is 2.74. The number of amides is 2. The monoisotopic (exact) mass is 338 g/mol. The molecule has 6 nitrogen and oxygen atoms in total. The SMILES string of the molecule is CCN(CC)C(=O)CN1CCCN(C(=O)c2csc(C)n2)CC1. The minimum Gasteiger partial charge on any atom is -0.342 e. The third-order valence-corrected chi connectivity index (χ3v) is 4.96. The molecule has 0 unspecified atom stereocenters. The molecule has 0 N–H and O–H groups in total. The van der Waals surface area contributed by atoms with Crippen molar-refractivity contribution in [2.45, 2.75) is 27.2 Å². The number of carbonyl (C=O) groups excluding carboxylic acids is 2. The summed E-state index contributed by atoms with van der Waals surface area (Å²) in [6.07, 6.45) is 0.889. The predicted octanol–water partition coefficient (Wildman–Crippen LogP) is 1.47. The smallest absolute Gasteiger partial charge is 0.273 e. The van der Waals surface area contributed by atoms with Gasteiger partial charge in [0, 0.05) is 44.6 Å². The first-order chi connectivity index (χ1) is 11.0. The highest BCUT2D eigenvalue weighted by Crippen LogP contribution is 2.12. The van der Waals surface area contributed by atoms with E-state index < -0.39 is 0 Å². The van der Waals surface area contributed by atoms with E-state index in [4.69, 9.17) is 0 Å². The van der Waals surface area contributed by atoms with E-state index >= 15 is 0 Å². The molecule has 2 heterocycles. The van der Waals surface area contributed by atoms with Crippen LogP contribution in [0.5, 0.6) is 0 Å². The van der Waals surface area contributed by atoms with Crippen molar-refractivity contribution in [2.24, 2.45) is 0 Å². The molecular weight excluding hydrogens is 312 g/mol. The van der Waals surface area contributed by atoms with Gasteiger partial charge in [0.2, 0.25) is 5.91 Å². The average Bonchev–Trinajstić information content (AvgIpc) is 2.83. The molecule has 0 saturated carbocycles. The molecule has 2 rings (SSSR count). The summed E-state index contributed by atoms with van der Waals surface area (Å²) in [7, 11) is 0. The van der Waals surface area contributed by atoms with Gasteiger partial charge in [-0.25, -0.2) is 4.98 Å². The number of hydrogen-bond donors (Lipinski definition) is 0. The molecule has 23 heavy (non-hydrogen) atoms. The zero-order valence-electron chi connectivity index (χ0n) is 14.2. The first-order valence-electron chi connectivity index (χ1n) is 8.26. The van der Waals surface area contributed by atoms with Gasteiger partial charge in [-0.3, -0.25) is 14.5 Å². The number of likely N-dealkylation sites (N-methyl/N-ethyl adjacent to an activating group) is 1. The molecule has 0 spiro atoms. The molecule has 1 aliphatic heterocycles. The largest absolute Gasteiger partial charge is 0.342 e. The fraction of sp³-hybridized carbons (Fsp3) is 0.688. The Hall–Kier alpha value is -1.47. The van der Waals surface area contributed by atoms with Crippen molar-refractivity contribution < 1.29 is 9.59 Å². The molecule has 0 aromatic carbocycles. The van der Waals surface area contributed by atoms with Gasteiger partial charge in [-0.05, 0) is 27.2 Å². The number of aryl methyl sites for hydroxylation is 1. The highest BCUT2D eigenvalue weighted by molar-refractivity contribution is 7.09. The number of carbonyl (C=O) groups is 2. The van der Waals surface area contributed by atoms with E-state index in [1.807, 2.05) is 36.0 Å². The molecule has 7 heteroatoms. The van der Waals surface area contributed by atoms with Crippen molar-refractivity contribution >= 4 is 23.2 Å². The van der Waals surface area contributed by atoms with E-state index in [0.717, 1.165) is 44.2 Å². The molecule has 1 aromatic rings. The second kappa shape index (κ2) is 8.40. The summed E-state index contributed by atoms with van der Waals surface area (Å²) in [6, 6.07) is 0. The summed E-state index contributed by atoms with van der Waals surface area (Å²) in [4.78, 5) is 34.8. The molecule has 0 atom stereocenters. The Morgan fingerprint density at radius 2 is 1.96 bits per heavy atom. The number of aromatic nitrogens is 1. The van der Waals surface area contributed by atoms with E-state index in [9.17, 15) is 9.59 Å². The zero-order chi connectivity index (χ0) is 16.8. The average molecular weight is 338 g/mol. The highest BCUT2D eigenvalue weighted by atomic mass is 32.1. The lowest BCUT2D eigenvalue weighted by molar-refractivity contribution is -0.132. The summed E-state index contributed by atoms with van der Waals surface area (Å²) in [6.45, 7) is 10.8. The Bertz CT molecular complexity index is 542. The molecule has 1 aromatic heterocycles. The number of thiazole rings is 1. The Morgan fingerprint density at radius 1 is 1.22 bits per heavy atom. The lowest BCUT2D eigenvalue weighted by Crippen LogP contribution is -2.42. The van der Waals surface area contributed by atoms with Crippen LogP contribution in [0, 0.1) is 6.92 Å². The van der Waals surface area contributed by atoms with Gasteiger partial charge in [0.25, 0.3) is 5.91 Å². The van der Waals surface area contributed by atoms with Crippen LogP contribution < -0.4 is 0 Å². The van der Waals surface area contributed by atoms with Crippen LogP contribution in [0.4, 0.5) is 0 Å². The Kier molecular flexibility index (Phi) is 6.53. The van der Waals surface area contributed by atoms with Crippen LogP contribution in [0.1, 0.15) is 35.8 Å². The molecule has 1 saturated heterocycles. The molecule has 1 aliphatic rings. The van der Waals surface area contributed by atoms with Crippen molar-refractivity contribution in [1.82, 2.24) is 19.7 Å². The third kappa shape index (κ3) is 4.75. The van der Waals surface area contributed by atoms with Crippen molar-refractivity contribution in [3.8, 4) is 0 Å². The maximum atomic E-state index is 12.5. The Morgan fingerprint density at radius 3 is 2.57 bits per heavy atom. The molecule has 2 amide bonds. The van der Waals surface area contributed by atoms with Crippen LogP contribution >= 0.6 is 11.3 Å². The zero-order valence-corrected chi connectivity index (χ0v) is 15.1. The number of nitrogens with zero attached hydrogens (tertiary/aromatic N) is 4. The van der Waals surface area contributed by atoms with Crippen molar-refractivity contribution in [3.63, 3.8) is 0 Å². The Balaban J connectivity index is 1.89. The molecule has 128 valence electrons. The fourth-order valence-corrected chi connectivity index (χ4v) is 3.41. The van der Waals surface area contributed by atoms with Gasteiger partial charge in [0.15, 0.2) is 0 Å². The van der Waals surface area contributed by atoms with Crippen LogP contribution in [-0.4, -0.2) is 77.3 Å². The summed E-state index contributed by atoms with van der Waals surface area (Å²) >= 11 is 1.50. The molecule has 0 bridgehead atoms. The molecular formula is C16H26N4O2S. The quantitative estimate of drug-likeness (QED) is 0.816. The van der Waals surface area contributed by atoms with Crippen LogP contribution in [0.25, 0.3) is 0 Å². The van der Waals surface area contributed by atoms with Crippen LogP contribution in [-0.2, 0) is 4.79 Å². The molecule has 1 fully saturated rings. The van der Waals surface area contributed by atoms with Gasteiger partial charge >= 0.3 is 0 Å². The van der Waals surface area contributed by atoms with Gasteiger partial charge in [0.05, 0.1) is 11.6 Å². The maximum absolute atomic E-state index is 12.5. The van der Waals surface area contributed by atoms with Crippen molar-refractivity contribution in [2.75, 3.05) is 45.8 Å². The van der Waals surface area contributed by atoms with Gasteiger partial charge < -0.3 is 9.80 Å². The summed E-state index contributed by atoms with van der Waals surface area (Å²) < 4.78 is 0. The highest BCUT2D eigenvalue weighted by Gasteiger charge is 2.23. The fourth-order valence-electron chi connectivity index (χ4n) is 2.82. The topological polar surface area (TPSA) is 56.8 Å². The minimum atomic E-state index is 0.00581. The van der Waals surface area contributed by atoms with E-state index in [2.05, 4.69) is 9.88 Å². The Labute approximate surface area is 142 Å².